The van der Waals surface area contributed by atoms with E-state index in [0.717, 1.165) is 36.4 Å². The van der Waals surface area contributed by atoms with Crippen LogP contribution in [0.15, 0.2) is 36.5 Å². The molecule has 0 bridgehead atoms. The molecule has 116 valence electrons. The average Bonchev–Trinajstić information content (AvgIpc) is 3.24. The summed E-state index contributed by atoms with van der Waals surface area (Å²) in [5.41, 5.74) is 2.01. The number of benzene rings is 1. The summed E-state index contributed by atoms with van der Waals surface area (Å²) in [5.74, 6) is 0.821. The van der Waals surface area contributed by atoms with Gasteiger partial charge in [-0.15, -0.1) is 0 Å². The zero-order valence-electron chi connectivity index (χ0n) is 12.6. The first-order valence-corrected chi connectivity index (χ1v) is 7.44. The minimum absolute atomic E-state index is 0.0417. The molecule has 1 aliphatic heterocycles. The van der Waals surface area contributed by atoms with Crippen LogP contribution < -0.4 is 10.1 Å². The topological polar surface area (TPSA) is 70.2 Å². The Bertz CT molecular complexity index is 627. The molecule has 2 heterocycles. The van der Waals surface area contributed by atoms with Crippen molar-refractivity contribution in [2.24, 2.45) is 0 Å². The van der Waals surface area contributed by atoms with Crippen LogP contribution >= 0.6 is 0 Å². The first-order chi connectivity index (χ1) is 10.8. The number of hydrogen-bond acceptors (Lipinski definition) is 3. The fourth-order valence-electron chi connectivity index (χ4n) is 2.86. The maximum atomic E-state index is 12.4. The summed E-state index contributed by atoms with van der Waals surface area (Å²) in [4.78, 5) is 14.3. The number of methoxy groups -OCH3 is 1. The number of likely N-dealkylation sites (tertiary alicyclic amines) is 1. The van der Waals surface area contributed by atoms with Crippen LogP contribution in [-0.2, 0) is 6.54 Å². The summed E-state index contributed by atoms with van der Waals surface area (Å²) >= 11 is 0. The average molecular weight is 300 g/mol. The standard InChI is InChI=1S/C16H20N4O2/c1-22-14-5-2-4-12(10-14)15-6-3-9-20(15)16(21)17-11-13-7-8-18-19-13/h2,4-5,7-8,10,15H,3,6,9,11H2,1H3,(H,17,21)(H,18,19). The maximum absolute atomic E-state index is 12.4. The van der Waals surface area contributed by atoms with Crippen molar-refractivity contribution in [3.8, 4) is 5.75 Å². The fraction of sp³-hybridized carbons (Fsp3) is 0.375. The highest BCUT2D eigenvalue weighted by Crippen LogP contribution is 2.33. The molecule has 2 amide bonds. The molecular weight excluding hydrogens is 280 g/mol. The Labute approximate surface area is 129 Å². The van der Waals surface area contributed by atoms with E-state index in [-0.39, 0.29) is 12.1 Å². The number of rotatable bonds is 4. The van der Waals surface area contributed by atoms with Crippen LogP contribution in [0.25, 0.3) is 0 Å². The maximum Gasteiger partial charge on any atom is 0.318 e. The van der Waals surface area contributed by atoms with E-state index in [9.17, 15) is 4.79 Å². The van der Waals surface area contributed by atoms with Crippen LogP contribution in [0.4, 0.5) is 4.79 Å². The monoisotopic (exact) mass is 300 g/mol. The Morgan fingerprint density at radius 3 is 3.18 bits per heavy atom. The van der Waals surface area contributed by atoms with Gasteiger partial charge < -0.3 is 15.0 Å². The summed E-state index contributed by atoms with van der Waals surface area (Å²) in [5, 5.41) is 9.66. The van der Waals surface area contributed by atoms with Gasteiger partial charge in [0.25, 0.3) is 0 Å². The van der Waals surface area contributed by atoms with Gasteiger partial charge in [0, 0.05) is 12.7 Å². The normalized spacial score (nSPS) is 17.5. The number of aromatic nitrogens is 2. The third kappa shape index (κ3) is 3.05. The lowest BCUT2D eigenvalue weighted by molar-refractivity contribution is 0.192. The molecule has 1 aromatic heterocycles. The quantitative estimate of drug-likeness (QED) is 0.911. The molecule has 2 aromatic rings. The van der Waals surface area contributed by atoms with E-state index in [1.165, 1.54) is 0 Å². The van der Waals surface area contributed by atoms with Gasteiger partial charge in [-0.2, -0.15) is 5.10 Å². The first kappa shape index (κ1) is 14.4. The third-order valence-electron chi connectivity index (χ3n) is 3.98. The van der Waals surface area contributed by atoms with Gasteiger partial charge in [0.05, 0.1) is 25.4 Å². The molecule has 6 heteroatoms. The van der Waals surface area contributed by atoms with Gasteiger partial charge in [-0.05, 0) is 36.6 Å². The van der Waals surface area contributed by atoms with Crippen LogP contribution in [0.2, 0.25) is 0 Å². The summed E-state index contributed by atoms with van der Waals surface area (Å²) in [6.07, 6.45) is 3.67. The molecule has 1 aromatic carbocycles. The van der Waals surface area contributed by atoms with Crippen molar-refractivity contribution in [1.82, 2.24) is 20.4 Å². The highest BCUT2D eigenvalue weighted by atomic mass is 16.5. The molecule has 0 spiro atoms. The van der Waals surface area contributed by atoms with E-state index < -0.39 is 0 Å². The minimum atomic E-state index is -0.0417. The van der Waals surface area contributed by atoms with E-state index >= 15 is 0 Å². The number of carbonyl (C=O) groups excluding carboxylic acids is 1. The van der Waals surface area contributed by atoms with Gasteiger partial charge in [0.15, 0.2) is 0 Å². The van der Waals surface area contributed by atoms with E-state index in [1.807, 2.05) is 35.2 Å². The second-order valence-corrected chi connectivity index (χ2v) is 5.37. The van der Waals surface area contributed by atoms with E-state index in [4.69, 9.17) is 4.74 Å². The number of urea groups is 1. The van der Waals surface area contributed by atoms with E-state index in [2.05, 4.69) is 15.5 Å². The minimum Gasteiger partial charge on any atom is -0.497 e. The zero-order chi connectivity index (χ0) is 15.4. The lowest BCUT2D eigenvalue weighted by Crippen LogP contribution is -2.39. The number of nitrogens with zero attached hydrogens (tertiary/aromatic N) is 2. The molecule has 0 aliphatic carbocycles. The smallest absolute Gasteiger partial charge is 0.318 e. The fourth-order valence-corrected chi connectivity index (χ4v) is 2.86. The number of nitrogens with one attached hydrogen (secondary N) is 2. The molecule has 2 N–H and O–H groups in total. The predicted molar refractivity (Wildman–Crippen MR) is 82.5 cm³/mol. The van der Waals surface area contributed by atoms with Crippen molar-refractivity contribution in [2.45, 2.75) is 25.4 Å². The summed E-state index contributed by atoms with van der Waals surface area (Å²) in [6, 6.07) is 9.86. The van der Waals surface area contributed by atoms with Gasteiger partial charge in [-0.1, -0.05) is 12.1 Å². The molecule has 1 saturated heterocycles. The number of amides is 2. The summed E-state index contributed by atoms with van der Waals surface area (Å²) in [7, 11) is 1.66. The number of carbonyl (C=O) groups is 1. The molecule has 0 saturated carbocycles. The van der Waals surface area contributed by atoms with Crippen molar-refractivity contribution < 1.29 is 9.53 Å². The van der Waals surface area contributed by atoms with Crippen molar-refractivity contribution >= 4 is 6.03 Å². The SMILES string of the molecule is COc1cccc(C2CCCN2C(=O)NCc2ccn[nH]2)c1. The largest absolute Gasteiger partial charge is 0.497 e. The second kappa shape index (κ2) is 6.51. The number of ether oxygens (including phenoxy) is 1. The Balaban J connectivity index is 1.68. The van der Waals surface area contributed by atoms with Gasteiger partial charge >= 0.3 is 6.03 Å². The Kier molecular flexibility index (Phi) is 4.27. The van der Waals surface area contributed by atoms with Crippen molar-refractivity contribution in [3.63, 3.8) is 0 Å². The highest BCUT2D eigenvalue weighted by molar-refractivity contribution is 5.75. The lowest BCUT2D eigenvalue weighted by Gasteiger charge is -2.25. The molecule has 0 radical (unpaired) electrons. The van der Waals surface area contributed by atoms with Crippen LogP contribution in [0.1, 0.15) is 30.1 Å². The van der Waals surface area contributed by atoms with Gasteiger partial charge in [0.2, 0.25) is 0 Å². The van der Waals surface area contributed by atoms with Crippen molar-refractivity contribution in [3.05, 3.63) is 47.8 Å². The van der Waals surface area contributed by atoms with Crippen molar-refractivity contribution in [1.29, 1.82) is 0 Å². The van der Waals surface area contributed by atoms with Crippen molar-refractivity contribution in [2.75, 3.05) is 13.7 Å². The molecule has 1 atom stereocenters. The molecule has 1 unspecified atom stereocenters. The van der Waals surface area contributed by atoms with E-state index in [0.29, 0.717) is 6.54 Å². The molecular formula is C16H20N4O2. The molecule has 1 aliphatic rings. The Morgan fingerprint density at radius 2 is 2.41 bits per heavy atom. The Morgan fingerprint density at radius 1 is 1.50 bits per heavy atom. The van der Waals surface area contributed by atoms with Crippen LogP contribution in [0.3, 0.4) is 0 Å². The lowest BCUT2D eigenvalue weighted by atomic mass is 10.0. The summed E-state index contributed by atoms with van der Waals surface area (Å²) in [6.45, 7) is 1.23. The number of hydrogen-bond donors (Lipinski definition) is 2. The number of H-pyrrole nitrogens is 1. The highest BCUT2D eigenvalue weighted by Gasteiger charge is 2.30. The first-order valence-electron chi connectivity index (χ1n) is 7.44. The molecule has 22 heavy (non-hydrogen) atoms. The van der Waals surface area contributed by atoms with Crippen LogP contribution in [0.5, 0.6) is 5.75 Å². The Hall–Kier alpha value is -2.50. The van der Waals surface area contributed by atoms with E-state index in [1.54, 1.807) is 13.3 Å². The van der Waals surface area contributed by atoms with Gasteiger partial charge in [-0.25, -0.2) is 4.79 Å². The second-order valence-electron chi connectivity index (χ2n) is 5.37. The van der Waals surface area contributed by atoms with Crippen LogP contribution in [-0.4, -0.2) is 34.8 Å². The predicted octanol–water partition coefficient (Wildman–Crippen LogP) is 2.46. The van der Waals surface area contributed by atoms with Crippen LogP contribution in [0, 0.1) is 0 Å². The molecule has 1 fully saturated rings. The summed E-state index contributed by atoms with van der Waals surface area (Å²) < 4.78 is 5.28. The zero-order valence-corrected chi connectivity index (χ0v) is 12.6. The molecule has 3 rings (SSSR count). The van der Waals surface area contributed by atoms with Gasteiger partial charge in [-0.3, -0.25) is 5.10 Å². The third-order valence-corrected chi connectivity index (χ3v) is 3.98. The number of aromatic amines is 1. The molecule has 6 nitrogen and oxygen atoms in total. The van der Waals surface area contributed by atoms with Gasteiger partial charge in [0.1, 0.15) is 5.75 Å².